The Balaban J connectivity index is 2.91. The average Bonchev–Trinajstić information content (AvgIpc) is 2.21. The van der Waals surface area contributed by atoms with Crippen molar-refractivity contribution in [2.24, 2.45) is 11.3 Å². The van der Waals surface area contributed by atoms with Crippen molar-refractivity contribution in [3.8, 4) is 0 Å². The number of rotatable bonds is 3. The molecule has 0 aliphatic heterocycles. The van der Waals surface area contributed by atoms with E-state index in [9.17, 15) is 13.9 Å². The van der Waals surface area contributed by atoms with Crippen LogP contribution in [0, 0.1) is 29.9 Å². The van der Waals surface area contributed by atoms with Crippen LogP contribution in [0.4, 0.5) is 8.78 Å². The van der Waals surface area contributed by atoms with Crippen molar-refractivity contribution in [3.63, 3.8) is 0 Å². The van der Waals surface area contributed by atoms with E-state index < -0.39 is 17.7 Å². The van der Waals surface area contributed by atoms with Crippen LogP contribution in [0.25, 0.3) is 0 Å². The summed E-state index contributed by atoms with van der Waals surface area (Å²) in [6.07, 6.45) is -0.544. The molecule has 0 fully saturated rings. The molecule has 0 aromatic heterocycles. The third-order valence-corrected chi connectivity index (χ3v) is 3.69. The van der Waals surface area contributed by atoms with E-state index in [0.29, 0.717) is 6.42 Å². The number of aryl methyl sites for hydroxylation is 1. The van der Waals surface area contributed by atoms with Gasteiger partial charge in [0.25, 0.3) is 0 Å². The molecule has 0 heterocycles. The quantitative estimate of drug-likeness (QED) is 0.851. The number of aliphatic hydroxyl groups is 1. The molecular weight excluding hydrogens is 234 g/mol. The highest BCUT2D eigenvalue weighted by molar-refractivity contribution is 5.26. The second-order valence-electron chi connectivity index (χ2n) is 6.14. The Kier molecular flexibility index (Phi) is 4.49. The maximum absolute atomic E-state index is 13.7. The van der Waals surface area contributed by atoms with E-state index in [1.165, 1.54) is 6.92 Å². The fourth-order valence-electron chi connectivity index (χ4n) is 1.73. The minimum Gasteiger partial charge on any atom is -0.388 e. The van der Waals surface area contributed by atoms with Crippen LogP contribution in [-0.4, -0.2) is 5.11 Å². The summed E-state index contributed by atoms with van der Waals surface area (Å²) in [5, 5.41) is 10.0. The summed E-state index contributed by atoms with van der Waals surface area (Å²) in [4.78, 5) is 0. The van der Waals surface area contributed by atoms with E-state index in [4.69, 9.17) is 0 Å². The van der Waals surface area contributed by atoms with Crippen LogP contribution in [0.15, 0.2) is 12.1 Å². The molecule has 0 saturated heterocycles. The Morgan fingerprint density at radius 3 is 2.22 bits per heavy atom. The molecule has 3 heteroatoms. The topological polar surface area (TPSA) is 20.2 Å². The molecule has 1 nitrogen and oxygen atoms in total. The lowest BCUT2D eigenvalue weighted by Gasteiger charge is -2.29. The molecule has 0 spiro atoms. The molecular formula is C15H22F2O. The van der Waals surface area contributed by atoms with Gasteiger partial charge in [-0.2, -0.15) is 0 Å². The predicted molar refractivity (Wildman–Crippen MR) is 69.3 cm³/mol. The van der Waals surface area contributed by atoms with E-state index in [1.54, 1.807) is 0 Å². The summed E-state index contributed by atoms with van der Waals surface area (Å²) in [5.74, 6) is -0.812. The van der Waals surface area contributed by atoms with Gasteiger partial charge in [0.2, 0.25) is 0 Å². The zero-order valence-corrected chi connectivity index (χ0v) is 11.7. The van der Waals surface area contributed by atoms with Crippen LogP contribution in [0.2, 0.25) is 0 Å². The van der Waals surface area contributed by atoms with Gasteiger partial charge in [-0.25, -0.2) is 8.78 Å². The fourth-order valence-corrected chi connectivity index (χ4v) is 1.73. The standard InChI is InChI=1S/C15H22F2O/c1-9-6-13(17)11(8-12(9)16)14(18)7-10(2)15(3,4)5/h6,8,10,14,18H,7H2,1-5H3. The Labute approximate surface area is 108 Å². The highest BCUT2D eigenvalue weighted by Crippen LogP contribution is 2.34. The smallest absolute Gasteiger partial charge is 0.129 e. The lowest BCUT2D eigenvalue weighted by molar-refractivity contribution is 0.107. The first-order valence-electron chi connectivity index (χ1n) is 6.26. The van der Waals surface area contributed by atoms with Gasteiger partial charge in [-0.1, -0.05) is 27.7 Å². The first-order valence-corrected chi connectivity index (χ1v) is 6.26. The van der Waals surface area contributed by atoms with Gasteiger partial charge in [0.15, 0.2) is 0 Å². The second-order valence-corrected chi connectivity index (χ2v) is 6.14. The number of halogens is 2. The van der Waals surface area contributed by atoms with Gasteiger partial charge in [-0.15, -0.1) is 0 Å². The molecule has 1 aromatic carbocycles. The van der Waals surface area contributed by atoms with Crippen LogP contribution in [0.1, 0.15) is 51.3 Å². The van der Waals surface area contributed by atoms with Crippen LogP contribution in [-0.2, 0) is 0 Å². The van der Waals surface area contributed by atoms with Crippen LogP contribution >= 0.6 is 0 Å². The van der Waals surface area contributed by atoms with E-state index in [0.717, 1.165) is 12.1 Å². The molecule has 0 bridgehead atoms. The minimum atomic E-state index is -0.964. The van der Waals surface area contributed by atoms with Crippen molar-refractivity contribution in [1.29, 1.82) is 0 Å². The van der Waals surface area contributed by atoms with Gasteiger partial charge in [-0.05, 0) is 42.4 Å². The summed E-state index contributed by atoms with van der Waals surface area (Å²) in [5.41, 5.74) is 0.335. The van der Waals surface area contributed by atoms with Crippen molar-refractivity contribution in [2.45, 2.75) is 47.1 Å². The largest absolute Gasteiger partial charge is 0.388 e. The molecule has 0 radical (unpaired) electrons. The molecule has 1 aromatic rings. The second kappa shape index (κ2) is 5.35. The number of aliphatic hydroxyl groups excluding tert-OH is 1. The van der Waals surface area contributed by atoms with Crippen LogP contribution < -0.4 is 0 Å². The van der Waals surface area contributed by atoms with Gasteiger partial charge in [0.05, 0.1) is 6.10 Å². The molecule has 1 rings (SSSR count). The average molecular weight is 256 g/mol. The number of benzene rings is 1. The summed E-state index contributed by atoms with van der Waals surface area (Å²) >= 11 is 0. The summed E-state index contributed by atoms with van der Waals surface area (Å²) in [6, 6.07) is 2.24. The molecule has 0 saturated carbocycles. The molecule has 2 unspecified atom stereocenters. The Hall–Kier alpha value is -0.960. The van der Waals surface area contributed by atoms with Gasteiger partial charge >= 0.3 is 0 Å². The lowest BCUT2D eigenvalue weighted by Crippen LogP contribution is -2.20. The summed E-state index contributed by atoms with van der Waals surface area (Å²) in [7, 11) is 0. The van der Waals surface area contributed by atoms with Crippen LogP contribution in [0.5, 0.6) is 0 Å². The molecule has 2 atom stereocenters. The van der Waals surface area contributed by atoms with Crippen molar-refractivity contribution in [1.82, 2.24) is 0 Å². The molecule has 102 valence electrons. The Morgan fingerprint density at radius 2 is 1.72 bits per heavy atom. The zero-order chi connectivity index (χ0) is 14.1. The molecule has 1 N–H and O–H groups in total. The normalized spacial score (nSPS) is 15.6. The third kappa shape index (κ3) is 3.52. The lowest BCUT2D eigenvalue weighted by atomic mass is 9.78. The van der Waals surface area contributed by atoms with Crippen molar-refractivity contribution in [2.75, 3.05) is 0 Å². The Bertz CT molecular complexity index is 421. The van der Waals surface area contributed by atoms with Gasteiger partial charge in [-0.3, -0.25) is 0 Å². The minimum absolute atomic E-state index is 0.0285. The van der Waals surface area contributed by atoms with E-state index >= 15 is 0 Å². The first-order chi connectivity index (χ1) is 8.12. The van der Waals surface area contributed by atoms with Gasteiger partial charge in [0, 0.05) is 5.56 Å². The summed E-state index contributed by atoms with van der Waals surface area (Å²) < 4.78 is 27.1. The maximum Gasteiger partial charge on any atom is 0.129 e. The van der Waals surface area contributed by atoms with E-state index in [1.807, 2.05) is 6.92 Å². The first kappa shape index (κ1) is 15.1. The van der Waals surface area contributed by atoms with E-state index in [2.05, 4.69) is 20.8 Å². The molecule has 0 aliphatic rings. The third-order valence-electron chi connectivity index (χ3n) is 3.69. The van der Waals surface area contributed by atoms with Crippen molar-refractivity contribution >= 4 is 0 Å². The number of hydrogen-bond donors (Lipinski definition) is 1. The van der Waals surface area contributed by atoms with Crippen molar-refractivity contribution in [3.05, 3.63) is 34.9 Å². The monoisotopic (exact) mass is 256 g/mol. The zero-order valence-electron chi connectivity index (χ0n) is 11.7. The molecule has 18 heavy (non-hydrogen) atoms. The SMILES string of the molecule is Cc1cc(F)c(C(O)CC(C)C(C)(C)C)cc1F. The van der Waals surface area contributed by atoms with Gasteiger partial charge < -0.3 is 5.11 Å². The van der Waals surface area contributed by atoms with Crippen molar-refractivity contribution < 1.29 is 13.9 Å². The Morgan fingerprint density at radius 1 is 1.17 bits per heavy atom. The predicted octanol–water partition coefficient (Wildman–Crippen LogP) is 4.38. The highest BCUT2D eigenvalue weighted by Gasteiger charge is 2.25. The van der Waals surface area contributed by atoms with Gasteiger partial charge in [0.1, 0.15) is 11.6 Å². The summed E-state index contributed by atoms with van der Waals surface area (Å²) in [6.45, 7) is 9.71. The fraction of sp³-hybridized carbons (Fsp3) is 0.600. The van der Waals surface area contributed by atoms with E-state index in [-0.39, 0.29) is 22.5 Å². The maximum atomic E-state index is 13.7. The van der Waals surface area contributed by atoms with Crippen LogP contribution in [0.3, 0.4) is 0 Å². The highest BCUT2D eigenvalue weighted by atomic mass is 19.1. The molecule has 0 aliphatic carbocycles. The number of hydrogen-bond acceptors (Lipinski definition) is 1. The molecule has 0 amide bonds.